The van der Waals surface area contributed by atoms with E-state index in [1.54, 1.807) is 0 Å². The second kappa shape index (κ2) is 9.67. The molecule has 3 fully saturated rings. The number of hydrogen-bond donors (Lipinski definition) is 1. The zero-order valence-electron chi connectivity index (χ0n) is 19.6. The molecule has 0 radical (unpaired) electrons. The first kappa shape index (κ1) is 24.5. The first-order valence-electron chi connectivity index (χ1n) is 12.1. The fourth-order valence-electron chi connectivity index (χ4n) is 4.68. The minimum atomic E-state index is -3.79. The molecule has 1 aliphatic heterocycles. The van der Waals surface area contributed by atoms with Crippen molar-refractivity contribution in [1.29, 1.82) is 0 Å². The van der Waals surface area contributed by atoms with Gasteiger partial charge in [0.25, 0.3) is 5.91 Å². The van der Waals surface area contributed by atoms with E-state index < -0.39 is 21.7 Å². The molecule has 2 saturated carbocycles. The van der Waals surface area contributed by atoms with E-state index in [2.05, 4.69) is 4.90 Å². The van der Waals surface area contributed by atoms with Gasteiger partial charge in [-0.2, -0.15) is 0 Å². The molecule has 0 unspecified atom stereocenters. The molecule has 0 spiro atoms. The lowest BCUT2D eigenvalue weighted by atomic mass is 10.0. The Hall–Kier alpha value is -2.23. The molecule has 7 nitrogen and oxygen atoms in total. The van der Waals surface area contributed by atoms with Crippen LogP contribution in [0, 0.1) is 5.82 Å². The van der Waals surface area contributed by atoms with Crippen molar-refractivity contribution in [2.45, 2.75) is 63.0 Å². The van der Waals surface area contributed by atoms with Gasteiger partial charge in [0.1, 0.15) is 17.7 Å². The molecule has 1 aromatic carbocycles. The van der Waals surface area contributed by atoms with Crippen molar-refractivity contribution in [2.24, 2.45) is 0 Å². The number of benzene rings is 1. The summed E-state index contributed by atoms with van der Waals surface area (Å²) in [7, 11) is -3.79. The Labute approximate surface area is 210 Å². The number of ether oxygens (including phenoxy) is 1. The molecular weight excluding hydrogens is 493 g/mol. The van der Waals surface area contributed by atoms with Gasteiger partial charge in [-0.1, -0.05) is 11.6 Å². The number of sulfonamides is 1. The van der Waals surface area contributed by atoms with Crippen LogP contribution < -0.4 is 9.46 Å². The fraction of sp³-hybridized carbons (Fsp3) is 0.520. The molecule has 3 aliphatic rings. The molecule has 1 saturated heterocycles. The summed E-state index contributed by atoms with van der Waals surface area (Å²) in [5, 5.41) is 0.736. The van der Waals surface area contributed by atoms with Gasteiger partial charge in [-0.05, 0) is 74.8 Å². The minimum absolute atomic E-state index is 0.119. The van der Waals surface area contributed by atoms with Gasteiger partial charge in [0.2, 0.25) is 10.0 Å². The number of rotatable bonds is 8. The van der Waals surface area contributed by atoms with Gasteiger partial charge in [-0.3, -0.25) is 14.7 Å². The van der Waals surface area contributed by atoms with Crippen LogP contribution in [0.5, 0.6) is 5.75 Å². The summed E-state index contributed by atoms with van der Waals surface area (Å²) in [6.07, 6.45) is 6.68. The zero-order chi connectivity index (χ0) is 24.7. The summed E-state index contributed by atoms with van der Waals surface area (Å²) in [6, 6.07) is 6.58. The largest absolute Gasteiger partial charge is 0.489 e. The lowest BCUT2D eigenvalue weighted by molar-refractivity contribution is 0.0825. The van der Waals surface area contributed by atoms with Crippen LogP contribution >= 0.6 is 11.6 Å². The molecule has 1 aromatic heterocycles. The standard InChI is InChI=1S/C25H29ClFN3O4S/c1-35(32,33)29-25(31)20-11-19(15-4-5-15)23(12-22(20)27)34-18-3-2-10-30(14-18)13-17-8-9-21(26)24(28-17)16-6-7-16/h8-9,11-12,15-16,18H,2-7,10,13-14H2,1H3,(H,29,31)/t18-/m1/s1. The Bertz CT molecular complexity index is 1250. The van der Waals surface area contributed by atoms with Crippen LogP contribution in [-0.4, -0.2) is 49.7 Å². The molecule has 2 aliphatic carbocycles. The topological polar surface area (TPSA) is 88.6 Å². The first-order chi connectivity index (χ1) is 16.7. The van der Waals surface area contributed by atoms with Crippen molar-refractivity contribution < 1.29 is 22.3 Å². The van der Waals surface area contributed by atoms with Crippen molar-refractivity contribution in [3.8, 4) is 5.75 Å². The maximum absolute atomic E-state index is 14.8. The summed E-state index contributed by atoms with van der Waals surface area (Å²) >= 11 is 6.33. The van der Waals surface area contributed by atoms with Crippen molar-refractivity contribution >= 4 is 27.5 Å². The molecule has 2 aromatic rings. The SMILES string of the molecule is CS(=O)(=O)NC(=O)c1cc(C2CC2)c(O[C@@H]2CCCN(Cc3ccc(Cl)c(C4CC4)n3)C2)cc1F. The van der Waals surface area contributed by atoms with Crippen molar-refractivity contribution in [2.75, 3.05) is 19.3 Å². The van der Waals surface area contributed by atoms with Crippen LogP contribution in [0.25, 0.3) is 0 Å². The molecule has 2 heterocycles. The smallest absolute Gasteiger partial charge is 0.267 e. The number of likely N-dealkylation sites (tertiary alicyclic amines) is 1. The molecule has 10 heteroatoms. The second-order valence-corrected chi connectivity index (χ2v) is 12.1. The summed E-state index contributed by atoms with van der Waals surface area (Å²) in [6.45, 7) is 2.31. The van der Waals surface area contributed by atoms with Gasteiger partial charge in [-0.25, -0.2) is 17.5 Å². The molecular formula is C25H29ClFN3O4S. The Balaban J connectivity index is 1.29. The van der Waals surface area contributed by atoms with E-state index in [4.69, 9.17) is 21.3 Å². The summed E-state index contributed by atoms with van der Waals surface area (Å²) in [5.74, 6) is -0.653. The van der Waals surface area contributed by atoms with Crippen LogP contribution in [0.4, 0.5) is 4.39 Å². The van der Waals surface area contributed by atoms with E-state index in [0.29, 0.717) is 24.8 Å². The Morgan fingerprint density at radius 1 is 1.20 bits per heavy atom. The van der Waals surface area contributed by atoms with Gasteiger partial charge >= 0.3 is 0 Å². The molecule has 0 bridgehead atoms. The van der Waals surface area contributed by atoms with Gasteiger partial charge in [0.15, 0.2) is 0 Å². The van der Waals surface area contributed by atoms with Crippen LogP contribution in [-0.2, 0) is 16.6 Å². The quantitative estimate of drug-likeness (QED) is 0.555. The predicted octanol–water partition coefficient (Wildman–Crippen LogP) is 4.36. The van der Waals surface area contributed by atoms with E-state index in [9.17, 15) is 17.6 Å². The Morgan fingerprint density at radius 2 is 1.94 bits per heavy atom. The number of carbonyl (C=O) groups is 1. The summed E-state index contributed by atoms with van der Waals surface area (Å²) < 4.78 is 45.8. The summed E-state index contributed by atoms with van der Waals surface area (Å²) in [4.78, 5) is 19.4. The Kier molecular flexibility index (Phi) is 6.76. The highest BCUT2D eigenvalue weighted by atomic mass is 35.5. The third-order valence-electron chi connectivity index (χ3n) is 6.68. The molecule has 1 atom stereocenters. The number of piperidine rings is 1. The van der Waals surface area contributed by atoms with E-state index in [1.165, 1.54) is 12.1 Å². The average molecular weight is 522 g/mol. The maximum atomic E-state index is 14.8. The number of halogens is 2. The van der Waals surface area contributed by atoms with E-state index >= 15 is 0 Å². The highest BCUT2D eigenvalue weighted by Gasteiger charge is 2.32. The number of hydrogen-bond acceptors (Lipinski definition) is 6. The zero-order valence-corrected chi connectivity index (χ0v) is 21.2. The van der Waals surface area contributed by atoms with E-state index in [0.717, 1.165) is 73.3 Å². The maximum Gasteiger partial charge on any atom is 0.267 e. The van der Waals surface area contributed by atoms with Gasteiger partial charge in [-0.15, -0.1) is 0 Å². The number of pyridine rings is 1. The number of aromatic nitrogens is 1. The number of nitrogens with one attached hydrogen (secondary N) is 1. The molecule has 1 N–H and O–H groups in total. The monoisotopic (exact) mass is 521 g/mol. The van der Waals surface area contributed by atoms with Crippen LogP contribution in [0.2, 0.25) is 5.02 Å². The van der Waals surface area contributed by atoms with Crippen molar-refractivity contribution in [1.82, 2.24) is 14.6 Å². The van der Waals surface area contributed by atoms with Gasteiger partial charge in [0.05, 0.1) is 28.2 Å². The number of carbonyl (C=O) groups excluding carboxylic acids is 1. The molecule has 1 amide bonds. The first-order valence-corrected chi connectivity index (χ1v) is 14.3. The second-order valence-electron chi connectivity index (χ2n) is 9.91. The van der Waals surface area contributed by atoms with E-state index in [-0.39, 0.29) is 17.6 Å². The summed E-state index contributed by atoms with van der Waals surface area (Å²) in [5.41, 5.74) is 2.47. The third kappa shape index (κ3) is 6.13. The van der Waals surface area contributed by atoms with Gasteiger partial charge in [0, 0.05) is 25.1 Å². The van der Waals surface area contributed by atoms with Crippen molar-refractivity contribution in [3.05, 3.63) is 57.6 Å². The minimum Gasteiger partial charge on any atom is -0.489 e. The lowest BCUT2D eigenvalue weighted by Gasteiger charge is -2.33. The van der Waals surface area contributed by atoms with Crippen molar-refractivity contribution in [3.63, 3.8) is 0 Å². The van der Waals surface area contributed by atoms with Gasteiger partial charge < -0.3 is 4.74 Å². The number of nitrogens with zero attached hydrogens (tertiary/aromatic N) is 2. The fourth-order valence-corrected chi connectivity index (χ4v) is 5.38. The normalized spacial score (nSPS) is 21.1. The van der Waals surface area contributed by atoms with Crippen LogP contribution in [0.3, 0.4) is 0 Å². The lowest BCUT2D eigenvalue weighted by Crippen LogP contribution is -2.41. The molecule has 5 rings (SSSR count). The predicted molar refractivity (Wildman–Crippen MR) is 131 cm³/mol. The molecule has 35 heavy (non-hydrogen) atoms. The number of amides is 1. The highest BCUT2D eigenvalue weighted by Crippen LogP contribution is 2.46. The molecule has 188 valence electrons. The third-order valence-corrected chi connectivity index (χ3v) is 7.55. The van der Waals surface area contributed by atoms with E-state index in [1.807, 2.05) is 16.9 Å². The average Bonchev–Trinajstić information content (AvgIpc) is 3.67. The Morgan fingerprint density at radius 3 is 2.63 bits per heavy atom. The van der Waals surface area contributed by atoms with Crippen LogP contribution in [0.15, 0.2) is 24.3 Å². The highest BCUT2D eigenvalue weighted by molar-refractivity contribution is 7.89. The van der Waals surface area contributed by atoms with Crippen LogP contribution in [0.1, 0.15) is 77.7 Å².